The second-order valence-electron chi connectivity index (χ2n) is 5.98. The number of hydrogen-bond donors (Lipinski definition) is 0. The van der Waals surface area contributed by atoms with E-state index in [0.29, 0.717) is 16.9 Å². The highest BCUT2D eigenvalue weighted by molar-refractivity contribution is 6.10. The fourth-order valence-corrected chi connectivity index (χ4v) is 3.24. The highest BCUT2D eigenvalue weighted by Crippen LogP contribution is 2.45. The van der Waals surface area contributed by atoms with Crippen LogP contribution in [0, 0.1) is 12.7 Å². The zero-order chi connectivity index (χ0) is 16.7. The van der Waals surface area contributed by atoms with Crippen LogP contribution >= 0.6 is 0 Å². The summed E-state index contributed by atoms with van der Waals surface area (Å²) in [7, 11) is 0. The number of para-hydroxylation sites is 1. The molecule has 0 N–H and O–H groups in total. The number of benzene rings is 3. The molecule has 24 heavy (non-hydrogen) atoms. The van der Waals surface area contributed by atoms with Gasteiger partial charge in [0, 0.05) is 11.1 Å². The maximum absolute atomic E-state index is 13.4. The van der Waals surface area contributed by atoms with Crippen molar-refractivity contribution in [2.24, 2.45) is 0 Å². The minimum absolute atomic E-state index is 0.129. The highest BCUT2D eigenvalue weighted by atomic mass is 19.1. The third kappa shape index (κ3) is 2.05. The van der Waals surface area contributed by atoms with Crippen LogP contribution in [-0.2, 0) is 5.60 Å². The van der Waals surface area contributed by atoms with Gasteiger partial charge in [0.05, 0.1) is 5.56 Å². The van der Waals surface area contributed by atoms with Gasteiger partial charge in [-0.05, 0) is 31.2 Å². The Morgan fingerprint density at radius 2 is 1.62 bits per heavy atom. The fraction of sp³-hybridized carbons (Fsp3) is 0.0952. The number of fused-ring (bicyclic) bond motifs is 1. The molecule has 118 valence electrons. The Labute approximate surface area is 139 Å². The smallest absolute Gasteiger partial charge is 0.221 e. The van der Waals surface area contributed by atoms with Crippen LogP contribution in [0.15, 0.2) is 72.8 Å². The maximum atomic E-state index is 13.4. The van der Waals surface area contributed by atoms with Gasteiger partial charge in [0.2, 0.25) is 11.4 Å². The quantitative estimate of drug-likeness (QED) is 0.687. The molecule has 1 atom stereocenters. The topological polar surface area (TPSA) is 26.3 Å². The summed E-state index contributed by atoms with van der Waals surface area (Å²) in [6.07, 6.45) is 0. The van der Waals surface area contributed by atoms with Crippen molar-refractivity contribution in [2.45, 2.75) is 12.5 Å². The predicted octanol–water partition coefficient (Wildman–Crippen LogP) is 4.65. The van der Waals surface area contributed by atoms with Crippen molar-refractivity contribution < 1.29 is 13.9 Å². The van der Waals surface area contributed by atoms with Crippen LogP contribution in [-0.4, -0.2) is 5.78 Å². The minimum Gasteiger partial charge on any atom is -0.469 e. The molecular formula is C21H15FO2. The summed E-state index contributed by atoms with van der Waals surface area (Å²) in [6.45, 7) is 1.97. The molecule has 1 aliphatic rings. The molecule has 3 heteroatoms. The van der Waals surface area contributed by atoms with Gasteiger partial charge in [0.1, 0.15) is 11.6 Å². The zero-order valence-electron chi connectivity index (χ0n) is 13.1. The van der Waals surface area contributed by atoms with Gasteiger partial charge in [0.25, 0.3) is 0 Å². The maximum Gasteiger partial charge on any atom is 0.221 e. The monoisotopic (exact) mass is 318 g/mol. The van der Waals surface area contributed by atoms with E-state index in [0.717, 1.165) is 11.1 Å². The van der Waals surface area contributed by atoms with E-state index in [4.69, 9.17) is 4.74 Å². The molecule has 0 fully saturated rings. The summed E-state index contributed by atoms with van der Waals surface area (Å²) in [6, 6.07) is 20.8. The van der Waals surface area contributed by atoms with Crippen molar-refractivity contribution in [3.63, 3.8) is 0 Å². The van der Waals surface area contributed by atoms with Crippen LogP contribution in [0.4, 0.5) is 4.39 Å². The first kappa shape index (κ1) is 14.6. The summed E-state index contributed by atoms with van der Waals surface area (Å²) in [5, 5.41) is 0. The molecular weight excluding hydrogens is 303 g/mol. The van der Waals surface area contributed by atoms with E-state index in [1.165, 1.54) is 12.1 Å². The number of Topliss-reactive ketones (excluding diaryl/α,β-unsaturated/α-hetero) is 1. The average molecular weight is 318 g/mol. The molecule has 0 radical (unpaired) electrons. The second kappa shape index (κ2) is 5.31. The molecule has 0 unspecified atom stereocenters. The number of ether oxygens (including phenoxy) is 1. The number of carbonyl (C=O) groups is 1. The lowest BCUT2D eigenvalue weighted by Gasteiger charge is -2.28. The van der Waals surface area contributed by atoms with Gasteiger partial charge in [0.15, 0.2) is 0 Å². The van der Waals surface area contributed by atoms with Gasteiger partial charge in [-0.2, -0.15) is 0 Å². The van der Waals surface area contributed by atoms with Gasteiger partial charge in [-0.15, -0.1) is 0 Å². The molecule has 3 aromatic carbocycles. The summed E-state index contributed by atoms with van der Waals surface area (Å²) in [5.41, 5.74) is 1.67. The molecule has 1 aliphatic heterocycles. The lowest BCUT2D eigenvalue weighted by molar-refractivity contribution is 0.0686. The predicted molar refractivity (Wildman–Crippen MR) is 89.8 cm³/mol. The molecule has 4 rings (SSSR count). The molecule has 0 saturated heterocycles. The number of rotatable bonds is 2. The van der Waals surface area contributed by atoms with Crippen molar-refractivity contribution in [1.29, 1.82) is 0 Å². The normalized spacial score (nSPS) is 19.0. The number of ketones is 1. The molecule has 0 bridgehead atoms. The standard InChI is InChI=1S/C21H15FO2/c1-14-5-4-6-16(13-14)21(15-9-11-17(22)12-10-15)20(23)18-7-2-3-8-19(18)24-21/h2-13H,1H3/t21-/m1/s1. The molecule has 2 nitrogen and oxygen atoms in total. The van der Waals surface area contributed by atoms with Crippen molar-refractivity contribution in [3.05, 3.63) is 101 Å². The zero-order valence-corrected chi connectivity index (χ0v) is 13.1. The van der Waals surface area contributed by atoms with E-state index in [1.54, 1.807) is 24.3 Å². The average Bonchev–Trinajstić information content (AvgIpc) is 2.90. The van der Waals surface area contributed by atoms with Crippen LogP contribution in [0.5, 0.6) is 5.75 Å². The minimum atomic E-state index is -1.27. The third-order valence-corrected chi connectivity index (χ3v) is 4.39. The summed E-state index contributed by atoms with van der Waals surface area (Å²) in [5.74, 6) is 0.0738. The van der Waals surface area contributed by atoms with Gasteiger partial charge < -0.3 is 4.74 Å². The molecule has 0 saturated carbocycles. The van der Waals surface area contributed by atoms with Crippen molar-refractivity contribution in [2.75, 3.05) is 0 Å². The molecule has 0 spiro atoms. The summed E-state index contributed by atoms with van der Waals surface area (Å²) < 4.78 is 19.6. The van der Waals surface area contributed by atoms with Crippen LogP contribution < -0.4 is 4.74 Å². The number of carbonyl (C=O) groups excluding carboxylic acids is 1. The Hall–Kier alpha value is -2.94. The lowest BCUT2D eigenvalue weighted by atomic mass is 9.81. The van der Waals surface area contributed by atoms with E-state index in [1.807, 2.05) is 43.3 Å². The molecule has 3 aromatic rings. The van der Waals surface area contributed by atoms with Gasteiger partial charge in [-0.3, -0.25) is 4.79 Å². The van der Waals surface area contributed by atoms with Crippen LogP contribution in [0.2, 0.25) is 0 Å². The fourth-order valence-electron chi connectivity index (χ4n) is 3.24. The number of aryl methyl sites for hydroxylation is 1. The second-order valence-corrected chi connectivity index (χ2v) is 5.98. The SMILES string of the molecule is Cc1cccc([C@@]2(c3ccc(F)cc3)Oc3ccccc3C2=O)c1. The van der Waals surface area contributed by atoms with Gasteiger partial charge in [-0.1, -0.05) is 54.1 Å². The number of hydrogen-bond acceptors (Lipinski definition) is 2. The van der Waals surface area contributed by atoms with Gasteiger partial charge >= 0.3 is 0 Å². The molecule has 1 heterocycles. The van der Waals surface area contributed by atoms with E-state index in [9.17, 15) is 9.18 Å². The van der Waals surface area contributed by atoms with Crippen LogP contribution in [0.25, 0.3) is 0 Å². The van der Waals surface area contributed by atoms with Crippen molar-refractivity contribution in [1.82, 2.24) is 0 Å². The third-order valence-electron chi connectivity index (χ3n) is 4.39. The number of halogens is 1. The van der Waals surface area contributed by atoms with Crippen LogP contribution in [0.3, 0.4) is 0 Å². The Balaban J connectivity index is 1.99. The Bertz CT molecular complexity index is 931. The van der Waals surface area contributed by atoms with E-state index in [-0.39, 0.29) is 11.6 Å². The first-order valence-corrected chi connectivity index (χ1v) is 7.77. The van der Waals surface area contributed by atoms with E-state index in [2.05, 4.69) is 0 Å². The van der Waals surface area contributed by atoms with Crippen molar-refractivity contribution >= 4 is 5.78 Å². The Morgan fingerprint density at radius 1 is 0.875 bits per heavy atom. The van der Waals surface area contributed by atoms with E-state index >= 15 is 0 Å². The molecule has 0 amide bonds. The first-order valence-electron chi connectivity index (χ1n) is 7.77. The van der Waals surface area contributed by atoms with Crippen molar-refractivity contribution in [3.8, 4) is 5.75 Å². The van der Waals surface area contributed by atoms with Gasteiger partial charge in [-0.25, -0.2) is 4.39 Å². The largest absolute Gasteiger partial charge is 0.469 e. The van der Waals surface area contributed by atoms with Crippen LogP contribution in [0.1, 0.15) is 27.0 Å². The lowest BCUT2D eigenvalue weighted by Crippen LogP contribution is -2.38. The molecule has 0 aliphatic carbocycles. The summed E-state index contributed by atoms with van der Waals surface area (Å²) >= 11 is 0. The highest BCUT2D eigenvalue weighted by Gasteiger charge is 2.50. The Kier molecular flexibility index (Phi) is 3.24. The first-order chi connectivity index (χ1) is 11.6. The Morgan fingerprint density at radius 3 is 2.33 bits per heavy atom. The van der Waals surface area contributed by atoms with E-state index < -0.39 is 5.60 Å². The summed E-state index contributed by atoms with van der Waals surface area (Å²) in [4.78, 5) is 13.3. The molecule has 0 aromatic heterocycles.